The molecule has 0 saturated heterocycles. The van der Waals surface area contributed by atoms with Gasteiger partial charge in [-0.1, -0.05) is 146 Å². The Bertz CT molecular complexity index is 941. The molecule has 50 heavy (non-hydrogen) atoms. The fraction of sp³-hybridized carbons (Fsp3) is 0.766. The van der Waals surface area contributed by atoms with E-state index in [0.29, 0.717) is 5.54 Å². The van der Waals surface area contributed by atoms with Gasteiger partial charge in [0.25, 0.3) is 0 Å². The molecular weight excluding hydrogens is 611 g/mol. The summed E-state index contributed by atoms with van der Waals surface area (Å²) in [6.07, 6.45) is 58.8. The van der Waals surface area contributed by atoms with E-state index < -0.39 is 0 Å². The number of hydrogen-bond donors (Lipinski definition) is 0. The van der Waals surface area contributed by atoms with Gasteiger partial charge in [-0.3, -0.25) is 0 Å². The standard InChI is InChI=1S/C47H81NO2/c1-5-7-9-11-13-15-17-19-21-23-25-27-29-31-33-35-37-44(50-45(49)39-40-46-41-42-47(46,43-46)48(3)4)38-36-34-32-30-28-26-24-22-20-18-16-14-12-10-8-6-2/h13-16,19-22,39-40,44H,5-12,17-18,23-38,41-43H2,1-4H3. The molecule has 0 radical (unpaired) electrons. The lowest BCUT2D eigenvalue weighted by atomic mass is 9.78. The molecule has 0 aromatic carbocycles. The van der Waals surface area contributed by atoms with Crippen molar-refractivity contribution in [1.82, 2.24) is 4.90 Å². The number of carbonyl (C=O) groups excluding carboxylic acids is 1. The summed E-state index contributed by atoms with van der Waals surface area (Å²) in [6.45, 7) is 4.53. The molecule has 2 rings (SSSR count). The molecule has 2 aliphatic rings. The molecule has 0 heterocycles. The topological polar surface area (TPSA) is 29.5 Å². The van der Waals surface area contributed by atoms with Crippen molar-refractivity contribution in [3.05, 3.63) is 60.8 Å². The summed E-state index contributed by atoms with van der Waals surface area (Å²) in [7, 11) is 4.37. The van der Waals surface area contributed by atoms with E-state index in [2.05, 4.69) is 87.5 Å². The van der Waals surface area contributed by atoms with E-state index in [9.17, 15) is 4.79 Å². The summed E-state index contributed by atoms with van der Waals surface area (Å²) < 4.78 is 6.11. The van der Waals surface area contributed by atoms with Crippen LogP contribution in [0.15, 0.2) is 60.8 Å². The smallest absolute Gasteiger partial charge is 0.330 e. The molecule has 3 nitrogen and oxygen atoms in total. The molecule has 3 heteroatoms. The monoisotopic (exact) mass is 692 g/mol. The van der Waals surface area contributed by atoms with Crippen LogP contribution in [0.3, 0.4) is 0 Å². The number of rotatable bonds is 34. The van der Waals surface area contributed by atoms with Gasteiger partial charge in [-0.05, 0) is 123 Å². The third-order valence-corrected chi connectivity index (χ3v) is 11.5. The van der Waals surface area contributed by atoms with E-state index in [1.165, 1.54) is 161 Å². The van der Waals surface area contributed by atoms with Gasteiger partial charge < -0.3 is 9.64 Å². The molecule has 0 N–H and O–H groups in total. The maximum Gasteiger partial charge on any atom is 0.330 e. The first-order valence-electron chi connectivity index (χ1n) is 21.7. The van der Waals surface area contributed by atoms with E-state index in [0.717, 1.165) is 25.7 Å². The molecule has 2 atom stereocenters. The second-order valence-corrected chi connectivity index (χ2v) is 15.9. The number of esters is 1. The van der Waals surface area contributed by atoms with Crippen LogP contribution in [0, 0.1) is 5.41 Å². The highest BCUT2D eigenvalue weighted by molar-refractivity contribution is 5.82. The van der Waals surface area contributed by atoms with Crippen molar-refractivity contribution in [1.29, 1.82) is 0 Å². The molecule has 286 valence electrons. The quantitative estimate of drug-likeness (QED) is 0.0291. The van der Waals surface area contributed by atoms with Crippen LogP contribution in [0.2, 0.25) is 0 Å². The van der Waals surface area contributed by atoms with Gasteiger partial charge in [0.1, 0.15) is 6.10 Å². The van der Waals surface area contributed by atoms with Gasteiger partial charge in [0.2, 0.25) is 0 Å². The molecule has 2 unspecified atom stereocenters. The minimum Gasteiger partial charge on any atom is -0.459 e. The molecule has 2 saturated carbocycles. The van der Waals surface area contributed by atoms with Crippen LogP contribution in [0.25, 0.3) is 0 Å². The highest BCUT2D eigenvalue weighted by Crippen LogP contribution is 2.73. The highest BCUT2D eigenvalue weighted by atomic mass is 16.5. The van der Waals surface area contributed by atoms with Crippen LogP contribution >= 0.6 is 0 Å². The summed E-state index contributed by atoms with van der Waals surface area (Å²) in [5.74, 6) is -0.115. The van der Waals surface area contributed by atoms with Crippen molar-refractivity contribution >= 4 is 5.97 Å². The summed E-state index contributed by atoms with van der Waals surface area (Å²) in [4.78, 5) is 15.3. The van der Waals surface area contributed by atoms with Crippen LogP contribution in [0.4, 0.5) is 0 Å². The minimum absolute atomic E-state index is 0.0699. The Hall–Kier alpha value is -1.87. The fourth-order valence-electron chi connectivity index (χ4n) is 7.93. The second kappa shape index (κ2) is 28.7. The van der Waals surface area contributed by atoms with E-state index in [-0.39, 0.29) is 17.5 Å². The molecular formula is C47H81NO2. The summed E-state index contributed by atoms with van der Waals surface area (Å²) in [6, 6.07) is 0. The molecule has 0 spiro atoms. The molecule has 0 aromatic heterocycles. The maximum absolute atomic E-state index is 12.9. The lowest BCUT2D eigenvalue weighted by Gasteiger charge is -2.38. The van der Waals surface area contributed by atoms with Gasteiger partial charge in [0.05, 0.1) is 0 Å². The van der Waals surface area contributed by atoms with Crippen LogP contribution < -0.4 is 0 Å². The van der Waals surface area contributed by atoms with Crippen molar-refractivity contribution in [3.8, 4) is 0 Å². The normalized spacial score (nSPS) is 21.0. The van der Waals surface area contributed by atoms with Gasteiger partial charge in [0, 0.05) is 17.0 Å². The van der Waals surface area contributed by atoms with E-state index in [1.807, 2.05) is 0 Å². The lowest BCUT2D eigenvalue weighted by molar-refractivity contribution is -0.143. The number of unbranched alkanes of at least 4 members (excludes halogenated alkanes) is 18. The van der Waals surface area contributed by atoms with Gasteiger partial charge in [-0.25, -0.2) is 4.79 Å². The van der Waals surface area contributed by atoms with Crippen molar-refractivity contribution in [2.24, 2.45) is 5.41 Å². The Kier molecular flexibility index (Phi) is 25.4. The van der Waals surface area contributed by atoms with E-state index >= 15 is 0 Å². The Balaban J connectivity index is 1.58. The predicted molar refractivity (Wildman–Crippen MR) is 220 cm³/mol. The van der Waals surface area contributed by atoms with E-state index in [1.54, 1.807) is 6.08 Å². The van der Waals surface area contributed by atoms with Crippen LogP contribution in [0.5, 0.6) is 0 Å². The first-order valence-corrected chi connectivity index (χ1v) is 21.7. The zero-order valence-corrected chi connectivity index (χ0v) is 33.6. The SMILES string of the molecule is CCCCCC=CCC=CCCCCCCCCC(CCCCCCCCC=CCC=CCCCCC)OC(=O)C=CC12CCC1(N(C)C)C2. The van der Waals surface area contributed by atoms with Crippen molar-refractivity contribution < 1.29 is 9.53 Å². The summed E-state index contributed by atoms with van der Waals surface area (Å²) >= 11 is 0. The Morgan fingerprint density at radius 2 is 1.00 bits per heavy atom. The lowest BCUT2D eigenvalue weighted by Crippen LogP contribution is -2.42. The predicted octanol–water partition coefficient (Wildman–Crippen LogP) is 14.3. The molecule has 2 fully saturated rings. The molecule has 0 aliphatic heterocycles. The zero-order valence-electron chi connectivity index (χ0n) is 33.6. The largest absolute Gasteiger partial charge is 0.459 e. The molecule has 0 aromatic rings. The average Bonchev–Trinajstić information content (AvgIpc) is 3.60. The van der Waals surface area contributed by atoms with E-state index in [4.69, 9.17) is 4.74 Å². The number of fused-ring (bicyclic) bond motifs is 1. The van der Waals surface area contributed by atoms with Gasteiger partial charge >= 0.3 is 5.97 Å². The maximum atomic E-state index is 12.9. The molecule has 0 bridgehead atoms. The van der Waals surface area contributed by atoms with Gasteiger partial charge in [-0.15, -0.1) is 0 Å². The first kappa shape index (κ1) is 44.3. The fourth-order valence-corrected chi connectivity index (χ4v) is 7.93. The third-order valence-electron chi connectivity index (χ3n) is 11.5. The Morgan fingerprint density at radius 3 is 1.38 bits per heavy atom. The number of nitrogens with zero attached hydrogens (tertiary/aromatic N) is 1. The average molecular weight is 692 g/mol. The molecule has 0 amide bonds. The zero-order chi connectivity index (χ0) is 36.0. The first-order chi connectivity index (χ1) is 24.5. The Morgan fingerprint density at radius 1 is 0.580 bits per heavy atom. The van der Waals surface area contributed by atoms with Gasteiger partial charge in [-0.2, -0.15) is 0 Å². The van der Waals surface area contributed by atoms with Crippen LogP contribution in [-0.4, -0.2) is 36.6 Å². The third kappa shape index (κ3) is 19.1. The number of hydrogen-bond acceptors (Lipinski definition) is 3. The van der Waals surface area contributed by atoms with Crippen molar-refractivity contribution in [2.45, 2.75) is 212 Å². The number of carbonyl (C=O) groups is 1. The van der Waals surface area contributed by atoms with Gasteiger partial charge in [0.15, 0.2) is 0 Å². The summed E-state index contributed by atoms with van der Waals surface area (Å²) in [5, 5.41) is 0. The molecule has 2 aliphatic carbocycles. The second-order valence-electron chi connectivity index (χ2n) is 15.9. The number of allylic oxidation sites excluding steroid dienone is 8. The highest BCUT2D eigenvalue weighted by Gasteiger charge is 2.73. The van der Waals surface area contributed by atoms with Crippen LogP contribution in [-0.2, 0) is 9.53 Å². The Labute approximate surface area is 311 Å². The summed E-state index contributed by atoms with van der Waals surface area (Å²) in [5.41, 5.74) is 0.540. The van der Waals surface area contributed by atoms with Crippen molar-refractivity contribution in [2.75, 3.05) is 14.1 Å². The van der Waals surface area contributed by atoms with Crippen LogP contribution in [0.1, 0.15) is 200 Å². The number of ether oxygens (including phenoxy) is 1. The minimum atomic E-state index is -0.115. The van der Waals surface area contributed by atoms with Crippen molar-refractivity contribution in [3.63, 3.8) is 0 Å².